The predicted octanol–water partition coefficient (Wildman–Crippen LogP) is 3.33. The van der Waals surface area contributed by atoms with Crippen molar-refractivity contribution in [2.24, 2.45) is 5.92 Å². The number of nitrogens with one attached hydrogen (secondary N) is 1. The van der Waals surface area contributed by atoms with Gasteiger partial charge < -0.3 is 10.2 Å². The average Bonchev–Trinajstić information content (AvgIpc) is 2.36. The second-order valence-corrected chi connectivity index (χ2v) is 5.42. The summed E-state index contributed by atoms with van der Waals surface area (Å²) in [6, 6.07) is 2.52. The molecule has 0 saturated heterocycles. The highest BCUT2D eigenvalue weighted by molar-refractivity contribution is 6.31. The summed E-state index contributed by atoms with van der Waals surface area (Å²) in [6.07, 6.45) is 1.74. The minimum absolute atomic E-state index is 0.450. The SMILES string of the molecule is CCNCc1cc(N(C)C(C)C(C)C)ncc1Cl. The second-order valence-electron chi connectivity index (χ2n) is 5.01. The Hall–Kier alpha value is -0.800. The standard InChI is InChI=1S/C14H24ClN3/c1-6-16-8-12-7-14(17-9-13(12)15)18(5)11(4)10(2)3/h7,9-11,16H,6,8H2,1-5H3. The summed E-state index contributed by atoms with van der Waals surface area (Å²) in [5.74, 6) is 1.57. The number of anilines is 1. The topological polar surface area (TPSA) is 28.2 Å². The molecule has 0 fully saturated rings. The maximum Gasteiger partial charge on any atom is 0.128 e. The molecule has 102 valence electrons. The summed E-state index contributed by atoms with van der Waals surface area (Å²) in [5.41, 5.74) is 1.10. The third-order valence-corrected chi connectivity index (χ3v) is 3.76. The van der Waals surface area contributed by atoms with Gasteiger partial charge in [0.05, 0.1) is 5.02 Å². The fraction of sp³-hybridized carbons (Fsp3) is 0.643. The largest absolute Gasteiger partial charge is 0.357 e. The van der Waals surface area contributed by atoms with Gasteiger partial charge >= 0.3 is 0 Å². The molecule has 1 unspecified atom stereocenters. The van der Waals surface area contributed by atoms with Crippen molar-refractivity contribution >= 4 is 17.4 Å². The van der Waals surface area contributed by atoms with Crippen molar-refractivity contribution in [3.63, 3.8) is 0 Å². The molecule has 0 saturated carbocycles. The molecule has 0 aliphatic rings. The molecule has 3 nitrogen and oxygen atoms in total. The van der Waals surface area contributed by atoms with Gasteiger partial charge in [0.2, 0.25) is 0 Å². The Kier molecular flexibility index (Phi) is 5.89. The van der Waals surface area contributed by atoms with E-state index in [1.165, 1.54) is 0 Å². The molecular formula is C14H24ClN3. The third kappa shape index (κ3) is 3.85. The van der Waals surface area contributed by atoms with E-state index in [2.05, 4.69) is 56.0 Å². The van der Waals surface area contributed by atoms with E-state index < -0.39 is 0 Å². The predicted molar refractivity (Wildman–Crippen MR) is 79.3 cm³/mol. The number of pyridine rings is 1. The lowest BCUT2D eigenvalue weighted by molar-refractivity contribution is 0.502. The molecule has 0 aliphatic carbocycles. The fourth-order valence-corrected chi connectivity index (χ4v) is 1.88. The molecule has 1 atom stereocenters. The first-order chi connectivity index (χ1) is 8.47. The van der Waals surface area contributed by atoms with Crippen molar-refractivity contribution < 1.29 is 0 Å². The monoisotopic (exact) mass is 269 g/mol. The quantitative estimate of drug-likeness (QED) is 0.859. The minimum Gasteiger partial charge on any atom is -0.357 e. The molecule has 1 rings (SSSR count). The van der Waals surface area contributed by atoms with Gasteiger partial charge in [-0.1, -0.05) is 32.4 Å². The Morgan fingerprint density at radius 2 is 2.06 bits per heavy atom. The van der Waals surface area contributed by atoms with Gasteiger partial charge in [-0.25, -0.2) is 4.98 Å². The Balaban J connectivity index is 2.89. The maximum absolute atomic E-state index is 6.16. The van der Waals surface area contributed by atoms with E-state index >= 15 is 0 Å². The minimum atomic E-state index is 0.450. The molecule has 0 amide bonds. The summed E-state index contributed by atoms with van der Waals surface area (Å²) in [4.78, 5) is 6.62. The number of rotatable bonds is 6. The Labute approximate surface area is 116 Å². The van der Waals surface area contributed by atoms with E-state index in [0.29, 0.717) is 12.0 Å². The van der Waals surface area contributed by atoms with Gasteiger partial charge in [-0.15, -0.1) is 0 Å². The van der Waals surface area contributed by atoms with E-state index in [9.17, 15) is 0 Å². The van der Waals surface area contributed by atoms with Crippen LogP contribution in [0.5, 0.6) is 0 Å². The molecular weight excluding hydrogens is 246 g/mol. The van der Waals surface area contributed by atoms with Crippen LogP contribution in [0.1, 0.15) is 33.3 Å². The zero-order chi connectivity index (χ0) is 13.7. The number of hydrogen-bond donors (Lipinski definition) is 1. The molecule has 0 aliphatic heterocycles. The van der Waals surface area contributed by atoms with Crippen molar-refractivity contribution in [1.29, 1.82) is 0 Å². The van der Waals surface area contributed by atoms with E-state index in [1.807, 2.05) is 0 Å². The molecule has 1 aromatic rings. The van der Waals surface area contributed by atoms with E-state index in [4.69, 9.17) is 11.6 Å². The number of halogens is 1. The molecule has 4 heteroatoms. The van der Waals surface area contributed by atoms with Crippen molar-refractivity contribution in [2.45, 2.75) is 40.3 Å². The van der Waals surface area contributed by atoms with Gasteiger partial charge in [0.25, 0.3) is 0 Å². The summed E-state index contributed by atoms with van der Waals surface area (Å²) < 4.78 is 0. The first-order valence-electron chi connectivity index (χ1n) is 6.55. The van der Waals surface area contributed by atoms with Crippen molar-refractivity contribution in [3.8, 4) is 0 Å². The molecule has 1 N–H and O–H groups in total. The first kappa shape index (κ1) is 15.3. The van der Waals surface area contributed by atoms with Gasteiger partial charge in [-0.05, 0) is 31.0 Å². The molecule has 0 radical (unpaired) electrons. The lowest BCUT2D eigenvalue weighted by Gasteiger charge is -2.29. The van der Waals surface area contributed by atoms with Crippen molar-refractivity contribution in [3.05, 3.63) is 22.8 Å². The van der Waals surface area contributed by atoms with Crippen LogP contribution in [0.4, 0.5) is 5.82 Å². The normalized spacial score (nSPS) is 12.8. The molecule has 0 bridgehead atoms. The molecule has 18 heavy (non-hydrogen) atoms. The highest BCUT2D eigenvalue weighted by atomic mass is 35.5. The van der Waals surface area contributed by atoms with Gasteiger partial charge in [-0.2, -0.15) is 0 Å². The lowest BCUT2D eigenvalue weighted by atomic mass is 10.1. The van der Waals surface area contributed by atoms with Gasteiger partial charge in [0.1, 0.15) is 5.82 Å². The van der Waals surface area contributed by atoms with Crippen LogP contribution in [0.2, 0.25) is 5.02 Å². The summed E-state index contributed by atoms with van der Waals surface area (Å²) in [6.45, 7) is 10.5. The molecule has 1 heterocycles. The maximum atomic E-state index is 6.16. The van der Waals surface area contributed by atoms with Crippen LogP contribution in [-0.4, -0.2) is 24.6 Å². The van der Waals surface area contributed by atoms with Crippen LogP contribution in [0.25, 0.3) is 0 Å². The summed E-state index contributed by atoms with van der Waals surface area (Å²) in [7, 11) is 2.08. The van der Waals surface area contributed by atoms with E-state index in [0.717, 1.165) is 29.5 Å². The summed E-state index contributed by atoms with van der Waals surface area (Å²) >= 11 is 6.16. The lowest BCUT2D eigenvalue weighted by Crippen LogP contribution is -2.33. The fourth-order valence-electron chi connectivity index (χ4n) is 1.71. The highest BCUT2D eigenvalue weighted by Gasteiger charge is 2.15. The third-order valence-electron chi connectivity index (χ3n) is 3.42. The zero-order valence-corrected chi connectivity index (χ0v) is 12.8. The van der Waals surface area contributed by atoms with Crippen LogP contribution in [0, 0.1) is 5.92 Å². The average molecular weight is 270 g/mol. The van der Waals surface area contributed by atoms with Crippen molar-refractivity contribution in [2.75, 3.05) is 18.5 Å². The number of nitrogens with zero attached hydrogens (tertiary/aromatic N) is 2. The van der Waals surface area contributed by atoms with Crippen LogP contribution >= 0.6 is 11.6 Å². The van der Waals surface area contributed by atoms with Gasteiger partial charge in [0, 0.05) is 25.8 Å². The zero-order valence-electron chi connectivity index (χ0n) is 12.0. The number of aromatic nitrogens is 1. The van der Waals surface area contributed by atoms with Crippen LogP contribution in [0.3, 0.4) is 0 Å². The molecule has 0 spiro atoms. The van der Waals surface area contributed by atoms with Crippen molar-refractivity contribution in [1.82, 2.24) is 10.3 Å². The summed E-state index contributed by atoms with van der Waals surface area (Å²) in [5, 5.41) is 4.02. The van der Waals surface area contributed by atoms with Crippen LogP contribution in [0.15, 0.2) is 12.3 Å². The number of hydrogen-bond acceptors (Lipinski definition) is 3. The Morgan fingerprint density at radius 3 is 2.61 bits per heavy atom. The van der Waals surface area contributed by atoms with E-state index in [1.54, 1.807) is 6.20 Å². The van der Waals surface area contributed by atoms with E-state index in [-0.39, 0.29) is 0 Å². The van der Waals surface area contributed by atoms with Crippen LogP contribution < -0.4 is 10.2 Å². The second kappa shape index (κ2) is 6.95. The first-order valence-corrected chi connectivity index (χ1v) is 6.93. The smallest absolute Gasteiger partial charge is 0.128 e. The highest BCUT2D eigenvalue weighted by Crippen LogP contribution is 2.22. The van der Waals surface area contributed by atoms with Crippen LogP contribution in [-0.2, 0) is 6.54 Å². The Bertz CT molecular complexity index is 379. The van der Waals surface area contributed by atoms with Gasteiger partial charge in [-0.3, -0.25) is 0 Å². The molecule has 1 aromatic heterocycles. The van der Waals surface area contributed by atoms with Gasteiger partial charge in [0.15, 0.2) is 0 Å². The Morgan fingerprint density at radius 1 is 1.39 bits per heavy atom. The molecule has 0 aromatic carbocycles.